The number of methoxy groups -OCH3 is 1. The Kier molecular flexibility index (Phi) is 4.38. The monoisotopic (exact) mass is 276 g/mol. The van der Waals surface area contributed by atoms with E-state index in [1.165, 1.54) is 18.1 Å². The Balaban J connectivity index is 2.18. The number of benzene rings is 1. The second-order valence-electron chi connectivity index (χ2n) is 4.31. The van der Waals surface area contributed by atoms with Gasteiger partial charge < -0.3 is 15.8 Å². The summed E-state index contributed by atoms with van der Waals surface area (Å²) in [6, 6.07) is 4.73. The van der Waals surface area contributed by atoms with Crippen molar-refractivity contribution in [3.63, 3.8) is 0 Å². The molecule has 1 unspecified atom stereocenters. The van der Waals surface area contributed by atoms with Crippen LogP contribution in [0.1, 0.15) is 5.56 Å². The van der Waals surface area contributed by atoms with Gasteiger partial charge in [-0.1, -0.05) is 6.07 Å². The summed E-state index contributed by atoms with van der Waals surface area (Å²) in [5.74, 6) is -0.307. The van der Waals surface area contributed by atoms with Crippen molar-refractivity contribution in [1.82, 2.24) is 20.2 Å². The van der Waals surface area contributed by atoms with E-state index < -0.39 is 6.04 Å². The molecule has 1 aromatic carbocycles. The van der Waals surface area contributed by atoms with Crippen LogP contribution in [0.15, 0.2) is 24.5 Å². The smallest absolute Gasteiger partial charge is 0.243 e. The Bertz CT molecular complexity index is 584. The second kappa shape index (κ2) is 6.22. The van der Waals surface area contributed by atoms with Crippen molar-refractivity contribution in [2.45, 2.75) is 13.0 Å². The van der Waals surface area contributed by atoms with Gasteiger partial charge in [0.05, 0.1) is 12.3 Å². The third-order valence-electron chi connectivity index (χ3n) is 2.76. The number of hydrogen-bond donors (Lipinski definition) is 2. The lowest BCUT2D eigenvalue weighted by molar-refractivity contribution is -0.118. The van der Waals surface area contributed by atoms with Crippen LogP contribution in [0.5, 0.6) is 0 Å². The first-order chi connectivity index (χ1) is 9.61. The van der Waals surface area contributed by atoms with Crippen LogP contribution < -0.4 is 11.1 Å². The average Bonchev–Trinajstić information content (AvgIpc) is 2.95. The standard InChI is InChI=1S/C12H16N6O2/c1-8-3-4-9(15-12(19)10(13)6-20-2)5-11(8)18-7-14-16-17-18/h3-5,7,10H,6,13H2,1-2H3,(H,15,19). The molecule has 3 N–H and O–H groups in total. The molecule has 1 atom stereocenters. The highest BCUT2D eigenvalue weighted by molar-refractivity contribution is 5.95. The van der Waals surface area contributed by atoms with E-state index in [9.17, 15) is 4.79 Å². The Morgan fingerprint density at radius 2 is 2.35 bits per heavy atom. The minimum atomic E-state index is -0.710. The number of aryl methyl sites for hydroxylation is 1. The van der Waals surface area contributed by atoms with Gasteiger partial charge in [-0.3, -0.25) is 4.79 Å². The van der Waals surface area contributed by atoms with Crippen LogP contribution >= 0.6 is 0 Å². The van der Waals surface area contributed by atoms with Gasteiger partial charge in [-0.2, -0.15) is 0 Å². The van der Waals surface area contributed by atoms with Crippen molar-refractivity contribution in [3.8, 4) is 5.69 Å². The Labute approximate surface area is 115 Å². The molecule has 8 heteroatoms. The molecule has 1 aromatic heterocycles. The average molecular weight is 276 g/mol. The summed E-state index contributed by atoms with van der Waals surface area (Å²) >= 11 is 0. The van der Waals surface area contributed by atoms with Crippen LogP contribution in [0, 0.1) is 6.92 Å². The highest BCUT2D eigenvalue weighted by Crippen LogP contribution is 2.18. The molecule has 0 spiro atoms. The molecule has 20 heavy (non-hydrogen) atoms. The van der Waals surface area contributed by atoms with Gasteiger partial charge in [-0.25, -0.2) is 4.68 Å². The number of tetrazole rings is 1. The molecule has 0 saturated carbocycles. The first kappa shape index (κ1) is 14.1. The molecule has 0 aliphatic carbocycles. The fraction of sp³-hybridized carbons (Fsp3) is 0.333. The molecule has 2 aromatic rings. The van der Waals surface area contributed by atoms with E-state index in [2.05, 4.69) is 20.8 Å². The summed E-state index contributed by atoms with van der Waals surface area (Å²) in [7, 11) is 1.49. The highest BCUT2D eigenvalue weighted by atomic mass is 16.5. The number of carbonyl (C=O) groups excluding carboxylic acids is 1. The molecule has 0 aliphatic heterocycles. The van der Waals surface area contributed by atoms with Crippen molar-refractivity contribution in [2.24, 2.45) is 5.73 Å². The summed E-state index contributed by atoms with van der Waals surface area (Å²) in [6.07, 6.45) is 1.49. The SMILES string of the molecule is COCC(N)C(=O)Nc1ccc(C)c(-n2cnnn2)c1. The number of nitrogens with zero attached hydrogens (tertiary/aromatic N) is 4. The number of anilines is 1. The van der Waals surface area contributed by atoms with Crippen LogP contribution in [0.25, 0.3) is 5.69 Å². The molecule has 0 saturated heterocycles. The summed E-state index contributed by atoms with van der Waals surface area (Å²) in [6.45, 7) is 2.09. The zero-order valence-corrected chi connectivity index (χ0v) is 11.3. The van der Waals surface area contributed by atoms with Crippen molar-refractivity contribution in [1.29, 1.82) is 0 Å². The normalized spacial score (nSPS) is 12.2. The lowest BCUT2D eigenvalue weighted by Crippen LogP contribution is -2.39. The number of carbonyl (C=O) groups is 1. The number of ether oxygens (including phenoxy) is 1. The number of nitrogens with two attached hydrogens (primary N) is 1. The lowest BCUT2D eigenvalue weighted by Gasteiger charge is -2.13. The van der Waals surface area contributed by atoms with Gasteiger partial charge in [0.25, 0.3) is 0 Å². The number of rotatable bonds is 5. The van der Waals surface area contributed by atoms with Crippen LogP contribution in [-0.4, -0.2) is 45.9 Å². The summed E-state index contributed by atoms with van der Waals surface area (Å²) < 4.78 is 6.38. The molecule has 2 rings (SSSR count). The number of hydrogen-bond acceptors (Lipinski definition) is 6. The van der Waals surface area contributed by atoms with Crippen LogP contribution in [0.4, 0.5) is 5.69 Å². The fourth-order valence-electron chi connectivity index (χ4n) is 1.70. The molecule has 1 heterocycles. The molecule has 1 amide bonds. The van der Waals surface area contributed by atoms with E-state index in [1.807, 2.05) is 13.0 Å². The van der Waals surface area contributed by atoms with Crippen LogP contribution in [0.2, 0.25) is 0 Å². The Hall–Kier alpha value is -2.32. The molecule has 0 aliphatic rings. The Morgan fingerprint density at radius 1 is 1.55 bits per heavy atom. The molecule has 106 valence electrons. The summed E-state index contributed by atoms with van der Waals surface area (Å²) in [5.41, 5.74) is 8.05. The zero-order chi connectivity index (χ0) is 14.5. The maximum atomic E-state index is 11.8. The van der Waals surface area contributed by atoms with Crippen molar-refractivity contribution < 1.29 is 9.53 Å². The maximum Gasteiger partial charge on any atom is 0.243 e. The number of aromatic nitrogens is 4. The van der Waals surface area contributed by atoms with E-state index >= 15 is 0 Å². The third kappa shape index (κ3) is 3.16. The zero-order valence-electron chi connectivity index (χ0n) is 11.3. The van der Waals surface area contributed by atoms with Crippen molar-refractivity contribution in [3.05, 3.63) is 30.1 Å². The first-order valence-electron chi connectivity index (χ1n) is 6.01. The van der Waals surface area contributed by atoms with E-state index in [1.54, 1.807) is 12.1 Å². The minimum absolute atomic E-state index is 0.164. The molecule has 0 radical (unpaired) electrons. The van der Waals surface area contributed by atoms with Crippen LogP contribution in [-0.2, 0) is 9.53 Å². The molecule has 0 bridgehead atoms. The van der Waals surface area contributed by atoms with Gasteiger partial charge in [0.1, 0.15) is 12.4 Å². The van der Waals surface area contributed by atoms with Gasteiger partial charge >= 0.3 is 0 Å². The van der Waals surface area contributed by atoms with Gasteiger partial charge in [0.15, 0.2) is 0 Å². The Morgan fingerprint density at radius 3 is 3.00 bits per heavy atom. The quantitative estimate of drug-likeness (QED) is 0.788. The predicted octanol–water partition coefficient (Wildman–Crippen LogP) is -0.117. The predicted molar refractivity (Wildman–Crippen MR) is 72.4 cm³/mol. The van der Waals surface area contributed by atoms with Crippen molar-refractivity contribution >= 4 is 11.6 Å². The summed E-state index contributed by atoms with van der Waals surface area (Å²) in [4.78, 5) is 11.8. The molecular formula is C12H16N6O2. The highest BCUT2D eigenvalue weighted by Gasteiger charge is 2.14. The van der Waals surface area contributed by atoms with E-state index in [4.69, 9.17) is 10.5 Å². The van der Waals surface area contributed by atoms with Crippen molar-refractivity contribution in [2.75, 3.05) is 19.0 Å². The molecular weight excluding hydrogens is 260 g/mol. The number of amides is 1. The van der Waals surface area contributed by atoms with Gasteiger partial charge in [-0.05, 0) is 35.0 Å². The van der Waals surface area contributed by atoms with E-state index in [-0.39, 0.29) is 12.5 Å². The largest absolute Gasteiger partial charge is 0.383 e. The topological polar surface area (TPSA) is 108 Å². The van der Waals surface area contributed by atoms with E-state index in [0.717, 1.165) is 11.3 Å². The molecule has 8 nitrogen and oxygen atoms in total. The fourth-order valence-corrected chi connectivity index (χ4v) is 1.70. The third-order valence-corrected chi connectivity index (χ3v) is 2.76. The van der Waals surface area contributed by atoms with E-state index in [0.29, 0.717) is 5.69 Å². The van der Waals surface area contributed by atoms with Gasteiger partial charge in [0.2, 0.25) is 5.91 Å². The van der Waals surface area contributed by atoms with Gasteiger partial charge in [-0.15, -0.1) is 5.10 Å². The minimum Gasteiger partial charge on any atom is -0.383 e. The second-order valence-corrected chi connectivity index (χ2v) is 4.31. The summed E-state index contributed by atoms with van der Waals surface area (Å²) in [5, 5.41) is 13.7. The number of nitrogens with one attached hydrogen (secondary N) is 1. The molecule has 0 fully saturated rings. The first-order valence-corrected chi connectivity index (χ1v) is 6.01. The maximum absolute atomic E-state index is 11.8. The lowest BCUT2D eigenvalue weighted by atomic mass is 10.1. The van der Waals surface area contributed by atoms with Gasteiger partial charge in [0, 0.05) is 12.8 Å². The van der Waals surface area contributed by atoms with Crippen LogP contribution in [0.3, 0.4) is 0 Å².